The van der Waals surface area contributed by atoms with Crippen molar-refractivity contribution in [2.24, 2.45) is 0 Å². The highest BCUT2D eigenvalue weighted by atomic mass is 15.1. The molecule has 0 amide bonds. The van der Waals surface area contributed by atoms with E-state index in [1.165, 1.54) is 22.3 Å². The minimum atomic E-state index is 0.736. The number of anilines is 3. The summed E-state index contributed by atoms with van der Waals surface area (Å²) in [4.78, 5) is 8.62. The summed E-state index contributed by atoms with van der Waals surface area (Å²) in [7, 11) is 0. The highest BCUT2D eigenvalue weighted by Crippen LogP contribution is 2.25. The molecule has 0 atom stereocenters. The molecule has 1 heterocycles. The highest BCUT2D eigenvalue weighted by Gasteiger charge is 2.06. The van der Waals surface area contributed by atoms with Crippen molar-refractivity contribution in [1.29, 1.82) is 0 Å². The number of hydrogen-bond donors (Lipinski definition) is 2. The fourth-order valence-electron chi connectivity index (χ4n) is 2.82. The van der Waals surface area contributed by atoms with Gasteiger partial charge in [-0.25, -0.2) is 9.97 Å². The van der Waals surface area contributed by atoms with Crippen molar-refractivity contribution in [3.8, 4) is 0 Å². The minimum absolute atomic E-state index is 0.736. The lowest BCUT2D eigenvalue weighted by Gasteiger charge is -2.14. The maximum absolute atomic E-state index is 4.33. The summed E-state index contributed by atoms with van der Waals surface area (Å²) in [5.74, 6) is 1.59. The summed E-state index contributed by atoms with van der Waals surface area (Å²) < 4.78 is 0. The van der Waals surface area contributed by atoms with Crippen molar-refractivity contribution in [2.45, 2.75) is 27.3 Å². The Morgan fingerprint density at radius 2 is 1.50 bits per heavy atom. The summed E-state index contributed by atoms with van der Waals surface area (Å²) in [6.45, 7) is 7.07. The molecule has 0 aliphatic rings. The molecular formula is C20H22N4. The molecule has 0 spiro atoms. The topological polar surface area (TPSA) is 49.8 Å². The van der Waals surface area contributed by atoms with E-state index < -0.39 is 0 Å². The first-order chi connectivity index (χ1) is 11.6. The number of aromatic nitrogens is 2. The van der Waals surface area contributed by atoms with Gasteiger partial charge in [0.25, 0.3) is 0 Å². The molecule has 122 valence electrons. The minimum Gasteiger partial charge on any atom is -0.366 e. The molecule has 0 unspecified atom stereocenters. The van der Waals surface area contributed by atoms with Crippen molar-refractivity contribution < 1.29 is 0 Å². The van der Waals surface area contributed by atoms with Gasteiger partial charge in [0.05, 0.1) is 0 Å². The monoisotopic (exact) mass is 318 g/mol. The molecular weight excluding hydrogens is 296 g/mol. The summed E-state index contributed by atoms with van der Waals surface area (Å²) in [5, 5.41) is 6.75. The molecule has 3 aromatic rings. The highest BCUT2D eigenvalue weighted by molar-refractivity contribution is 5.66. The average molecular weight is 318 g/mol. The molecule has 4 nitrogen and oxygen atoms in total. The van der Waals surface area contributed by atoms with Crippen LogP contribution in [0.25, 0.3) is 0 Å². The number of nitrogens with one attached hydrogen (secondary N) is 2. The first kappa shape index (κ1) is 16.0. The van der Waals surface area contributed by atoms with Gasteiger partial charge >= 0.3 is 0 Å². The number of benzene rings is 2. The third-order valence-corrected chi connectivity index (χ3v) is 3.91. The van der Waals surface area contributed by atoms with E-state index in [9.17, 15) is 0 Å². The second-order valence-corrected chi connectivity index (χ2v) is 6.03. The summed E-state index contributed by atoms with van der Waals surface area (Å²) in [5.41, 5.74) is 6.02. The van der Waals surface area contributed by atoms with E-state index in [0.29, 0.717) is 0 Å². The Hall–Kier alpha value is -2.88. The predicted octanol–water partition coefficient (Wildman–Crippen LogP) is 4.76. The third kappa shape index (κ3) is 3.90. The van der Waals surface area contributed by atoms with Crippen molar-refractivity contribution >= 4 is 17.3 Å². The number of nitrogens with zero attached hydrogens (tertiary/aromatic N) is 2. The molecule has 2 N–H and O–H groups in total. The molecule has 0 saturated carbocycles. The Morgan fingerprint density at radius 3 is 2.21 bits per heavy atom. The van der Waals surface area contributed by atoms with Crippen LogP contribution >= 0.6 is 0 Å². The van der Waals surface area contributed by atoms with E-state index in [1.807, 2.05) is 24.3 Å². The average Bonchev–Trinajstić information content (AvgIpc) is 2.58. The smallest absolute Gasteiger partial charge is 0.135 e. The quantitative estimate of drug-likeness (QED) is 0.712. The molecule has 4 heteroatoms. The fraction of sp³-hybridized carbons (Fsp3) is 0.200. The number of rotatable bonds is 5. The number of hydrogen-bond acceptors (Lipinski definition) is 4. The van der Waals surface area contributed by atoms with Gasteiger partial charge in [0, 0.05) is 18.3 Å². The van der Waals surface area contributed by atoms with Crippen molar-refractivity contribution in [1.82, 2.24) is 9.97 Å². The third-order valence-electron chi connectivity index (χ3n) is 3.91. The second kappa shape index (κ2) is 7.13. The fourth-order valence-corrected chi connectivity index (χ4v) is 2.82. The van der Waals surface area contributed by atoms with Crippen LogP contribution in [0.5, 0.6) is 0 Å². The maximum atomic E-state index is 4.33. The molecule has 2 aromatic carbocycles. The van der Waals surface area contributed by atoms with Gasteiger partial charge < -0.3 is 10.6 Å². The van der Waals surface area contributed by atoms with Crippen LogP contribution in [0.2, 0.25) is 0 Å². The van der Waals surface area contributed by atoms with Gasteiger partial charge in [0.15, 0.2) is 0 Å². The van der Waals surface area contributed by atoms with Gasteiger partial charge in [-0.1, -0.05) is 48.0 Å². The van der Waals surface area contributed by atoms with E-state index in [-0.39, 0.29) is 0 Å². The predicted molar refractivity (Wildman–Crippen MR) is 99.7 cm³/mol. The SMILES string of the molecule is Cc1cc(C)c(Nc2cc(NCc3ccccc3)ncn2)c(C)c1. The van der Waals surface area contributed by atoms with E-state index in [2.05, 4.69) is 65.6 Å². The molecule has 0 radical (unpaired) electrons. The van der Waals surface area contributed by atoms with Crippen LogP contribution in [0, 0.1) is 20.8 Å². The van der Waals surface area contributed by atoms with Crippen molar-refractivity contribution in [3.05, 3.63) is 77.1 Å². The lowest BCUT2D eigenvalue weighted by atomic mass is 10.1. The van der Waals surface area contributed by atoms with Crippen molar-refractivity contribution in [3.63, 3.8) is 0 Å². The van der Waals surface area contributed by atoms with Gasteiger partial charge in [-0.05, 0) is 37.5 Å². The van der Waals surface area contributed by atoms with Gasteiger partial charge in [0.2, 0.25) is 0 Å². The molecule has 0 bridgehead atoms. The second-order valence-electron chi connectivity index (χ2n) is 6.03. The molecule has 0 aliphatic heterocycles. The molecule has 3 rings (SSSR count). The lowest BCUT2D eigenvalue weighted by molar-refractivity contribution is 1.08. The van der Waals surface area contributed by atoms with E-state index in [0.717, 1.165) is 23.9 Å². The van der Waals surface area contributed by atoms with Gasteiger partial charge in [-0.15, -0.1) is 0 Å². The first-order valence-corrected chi connectivity index (χ1v) is 8.06. The Labute approximate surface area is 143 Å². The van der Waals surface area contributed by atoms with Gasteiger partial charge in [-0.3, -0.25) is 0 Å². The Balaban J connectivity index is 1.74. The van der Waals surface area contributed by atoms with E-state index >= 15 is 0 Å². The van der Waals surface area contributed by atoms with Crippen LogP contribution in [0.4, 0.5) is 17.3 Å². The van der Waals surface area contributed by atoms with Gasteiger partial charge in [-0.2, -0.15) is 0 Å². The zero-order chi connectivity index (χ0) is 16.9. The van der Waals surface area contributed by atoms with Crippen LogP contribution in [0.1, 0.15) is 22.3 Å². The maximum Gasteiger partial charge on any atom is 0.135 e. The van der Waals surface area contributed by atoms with Crippen molar-refractivity contribution in [2.75, 3.05) is 10.6 Å². The van der Waals surface area contributed by atoms with Gasteiger partial charge in [0.1, 0.15) is 18.0 Å². The Kier molecular flexibility index (Phi) is 4.75. The summed E-state index contributed by atoms with van der Waals surface area (Å²) in [6.07, 6.45) is 1.58. The molecule has 0 fully saturated rings. The van der Waals surface area contributed by atoms with Crippen LogP contribution in [0.3, 0.4) is 0 Å². The van der Waals surface area contributed by atoms with Crippen LogP contribution in [-0.2, 0) is 6.54 Å². The normalized spacial score (nSPS) is 10.5. The number of aryl methyl sites for hydroxylation is 3. The van der Waals surface area contributed by atoms with E-state index in [1.54, 1.807) is 6.33 Å². The summed E-state index contributed by atoms with van der Waals surface area (Å²) >= 11 is 0. The van der Waals surface area contributed by atoms with Crippen LogP contribution in [0.15, 0.2) is 54.9 Å². The first-order valence-electron chi connectivity index (χ1n) is 8.06. The standard InChI is InChI=1S/C20H22N4/c1-14-9-15(2)20(16(3)10-14)24-19-11-18(22-13-23-19)21-12-17-7-5-4-6-8-17/h4-11,13H,12H2,1-3H3,(H2,21,22,23,24). The Morgan fingerprint density at radius 1 is 0.833 bits per heavy atom. The largest absolute Gasteiger partial charge is 0.366 e. The van der Waals surface area contributed by atoms with E-state index in [4.69, 9.17) is 0 Å². The lowest BCUT2D eigenvalue weighted by Crippen LogP contribution is -2.04. The zero-order valence-corrected chi connectivity index (χ0v) is 14.3. The van der Waals surface area contributed by atoms with Crippen LogP contribution in [-0.4, -0.2) is 9.97 Å². The molecule has 0 aliphatic carbocycles. The molecule has 24 heavy (non-hydrogen) atoms. The summed E-state index contributed by atoms with van der Waals surface area (Å²) in [6, 6.07) is 16.5. The van der Waals surface area contributed by atoms with Crippen LogP contribution < -0.4 is 10.6 Å². The zero-order valence-electron chi connectivity index (χ0n) is 14.3. The molecule has 0 saturated heterocycles. The molecule has 1 aromatic heterocycles. The Bertz CT molecular complexity index is 805.